The molecule has 0 N–H and O–H groups in total. The van der Waals surface area contributed by atoms with E-state index in [1.165, 1.54) is 29.6 Å². The first-order valence-corrected chi connectivity index (χ1v) is 10.3. The van der Waals surface area contributed by atoms with Crippen LogP contribution < -0.4 is 4.90 Å². The first-order chi connectivity index (χ1) is 12.3. The fourth-order valence-corrected chi connectivity index (χ4v) is 5.88. The molecule has 0 saturated carbocycles. The third kappa shape index (κ3) is 3.71. The Morgan fingerprint density at radius 1 is 1.19 bits per heavy atom. The lowest BCUT2D eigenvalue weighted by atomic mass is 10.2. The van der Waals surface area contributed by atoms with Crippen molar-refractivity contribution in [1.82, 2.24) is 4.31 Å². The van der Waals surface area contributed by atoms with E-state index < -0.39 is 16.0 Å². The van der Waals surface area contributed by atoms with Crippen molar-refractivity contribution in [1.29, 1.82) is 0 Å². The first-order valence-electron chi connectivity index (χ1n) is 7.71. The highest BCUT2D eigenvalue weighted by atomic mass is 35.5. The zero-order valence-electron chi connectivity index (χ0n) is 13.8. The minimum absolute atomic E-state index is 0.0292. The molecule has 1 saturated heterocycles. The normalized spacial score (nSPS) is 15.9. The van der Waals surface area contributed by atoms with Gasteiger partial charge in [-0.3, -0.25) is 0 Å². The van der Waals surface area contributed by atoms with Crippen LogP contribution in [0.3, 0.4) is 0 Å². The summed E-state index contributed by atoms with van der Waals surface area (Å²) >= 11 is 6.79. The van der Waals surface area contributed by atoms with Gasteiger partial charge in [0.1, 0.15) is 15.6 Å². The number of thiophene rings is 1. The highest BCUT2D eigenvalue weighted by Crippen LogP contribution is 2.33. The largest absolute Gasteiger partial charge is 0.465 e. The Bertz CT molecular complexity index is 907. The van der Waals surface area contributed by atoms with Crippen molar-refractivity contribution in [2.24, 2.45) is 0 Å². The van der Waals surface area contributed by atoms with Gasteiger partial charge in [-0.1, -0.05) is 11.6 Å². The number of ether oxygens (including phenoxy) is 1. The van der Waals surface area contributed by atoms with Crippen molar-refractivity contribution >= 4 is 44.6 Å². The van der Waals surface area contributed by atoms with E-state index in [0.717, 1.165) is 17.0 Å². The van der Waals surface area contributed by atoms with Crippen molar-refractivity contribution < 1.29 is 22.3 Å². The second-order valence-electron chi connectivity index (χ2n) is 5.60. The number of halogens is 2. The Balaban J connectivity index is 1.78. The summed E-state index contributed by atoms with van der Waals surface area (Å²) in [6.45, 7) is 1.40. The summed E-state index contributed by atoms with van der Waals surface area (Å²) in [5.74, 6) is -1.05. The molecule has 10 heteroatoms. The van der Waals surface area contributed by atoms with Crippen LogP contribution in [0.1, 0.15) is 9.67 Å². The monoisotopic (exact) mass is 418 g/mol. The van der Waals surface area contributed by atoms with Crippen molar-refractivity contribution in [2.45, 2.75) is 4.90 Å². The van der Waals surface area contributed by atoms with Gasteiger partial charge in [0.25, 0.3) is 0 Å². The number of hydrogen-bond acceptors (Lipinski definition) is 6. The van der Waals surface area contributed by atoms with E-state index in [2.05, 4.69) is 4.74 Å². The van der Waals surface area contributed by atoms with E-state index in [1.54, 1.807) is 12.1 Å². The number of methoxy groups -OCH3 is 1. The molecule has 140 valence electrons. The van der Waals surface area contributed by atoms with Gasteiger partial charge in [-0.2, -0.15) is 4.31 Å². The molecule has 0 spiro atoms. The van der Waals surface area contributed by atoms with Gasteiger partial charge in [-0.15, -0.1) is 11.3 Å². The lowest BCUT2D eigenvalue weighted by Gasteiger charge is -2.35. The molecule has 1 fully saturated rings. The summed E-state index contributed by atoms with van der Waals surface area (Å²) in [6.07, 6.45) is 0. The SMILES string of the molecule is COC(=O)c1sc(Cl)cc1S(=O)(=O)N1CCN(c2ccc(F)cc2)CC1. The van der Waals surface area contributed by atoms with Crippen LogP contribution in [0, 0.1) is 5.82 Å². The van der Waals surface area contributed by atoms with Crippen molar-refractivity contribution in [3.05, 3.63) is 45.4 Å². The summed E-state index contributed by atoms with van der Waals surface area (Å²) in [4.78, 5) is 13.7. The number of esters is 1. The number of piperazine rings is 1. The van der Waals surface area contributed by atoms with E-state index >= 15 is 0 Å². The summed E-state index contributed by atoms with van der Waals surface area (Å²) in [5.41, 5.74) is 0.831. The van der Waals surface area contributed by atoms with E-state index in [4.69, 9.17) is 11.6 Å². The van der Waals surface area contributed by atoms with Crippen molar-refractivity contribution in [3.8, 4) is 0 Å². The number of nitrogens with zero attached hydrogens (tertiary/aromatic N) is 2. The van der Waals surface area contributed by atoms with Crippen molar-refractivity contribution in [3.63, 3.8) is 0 Å². The molecular formula is C16H16ClFN2O4S2. The molecule has 26 heavy (non-hydrogen) atoms. The predicted molar refractivity (Wildman–Crippen MR) is 98.0 cm³/mol. The zero-order chi connectivity index (χ0) is 18.9. The lowest BCUT2D eigenvalue weighted by Crippen LogP contribution is -2.48. The number of benzene rings is 1. The van der Waals surface area contributed by atoms with Crippen LogP contribution in [-0.4, -0.2) is 52.0 Å². The quantitative estimate of drug-likeness (QED) is 0.714. The van der Waals surface area contributed by atoms with Gasteiger partial charge in [0, 0.05) is 31.9 Å². The Hall–Kier alpha value is -1.68. The summed E-state index contributed by atoms with van der Waals surface area (Å²) < 4.78 is 45.1. The molecule has 1 aliphatic rings. The van der Waals surface area contributed by atoms with Gasteiger partial charge in [-0.25, -0.2) is 17.6 Å². The molecule has 0 amide bonds. The predicted octanol–water partition coefficient (Wildman–Crippen LogP) is 2.84. The standard InChI is InChI=1S/C16H16ClFN2O4S2/c1-24-16(21)15-13(10-14(17)25-15)26(22,23)20-8-6-19(7-9-20)12-4-2-11(18)3-5-12/h2-5,10H,6-9H2,1H3. The average Bonchev–Trinajstić information content (AvgIpc) is 3.04. The van der Waals surface area contributed by atoms with Crippen LogP contribution in [0.4, 0.5) is 10.1 Å². The first kappa shape index (κ1) is 19.1. The van der Waals surface area contributed by atoms with Crippen LogP contribution in [-0.2, 0) is 14.8 Å². The third-order valence-electron chi connectivity index (χ3n) is 4.09. The zero-order valence-corrected chi connectivity index (χ0v) is 16.2. The van der Waals surface area contributed by atoms with Gasteiger partial charge in [0.2, 0.25) is 10.0 Å². The molecule has 2 aromatic rings. The molecule has 3 rings (SSSR count). The summed E-state index contributed by atoms with van der Waals surface area (Å²) in [6, 6.07) is 7.34. The highest BCUT2D eigenvalue weighted by molar-refractivity contribution is 7.89. The van der Waals surface area contributed by atoms with Crippen LogP contribution in [0.2, 0.25) is 4.34 Å². The van der Waals surface area contributed by atoms with Crippen LogP contribution in [0.15, 0.2) is 35.2 Å². The number of carbonyl (C=O) groups is 1. The molecule has 1 aromatic carbocycles. The van der Waals surface area contributed by atoms with Gasteiger partial charge >= 0.3 is 5.97 Å². The summed E-state index contributed by atoms with van der Waals surface area (Å²) in [7, 11) is -2.68. The highest BCUT2D eigenvalue weighted by Gasteiger charge is 2.33. The molecule has 0 aliphatic carbocycles. The molecule has 1 aliphatic heterocycles. The molecule has 6 nitrogen and oxygen atoms in total. The van der Waals surface area contributed by atoms with Crippen molar-refractivity contribution in [2.75, 3.05) is 38.2 Å². The lowest BCUT2D eigenvalue weighted by molar-refractivity contribution is 0.0602. The Labute approximate surface area is 159 Å². The number of hydrogen-bond donors (Lipinski definition) is 0. The van der Waals surface area contributed by atoms with E-state index in [0.29, 0.717) is 13.1 Å². The number of sulfonamides is 1. The minimum Gasteiger partial charge on any atom is -0.465 e. The summed E-state index contributed by atoms with van der Waals surface area (Å²) in [5, 5.41) is 0. The second kappa shape index (κ2) is 7.51. The Kier molecular flexibility index (Phi) is 5.52. The number of carbonyl (C=O) groups excluding carboxylic acids is 1. The fraction of sp³-hybridized carbons (Fsp3) is 0.312. The van der Waals surface area contributed by atoms with E-state index in [1.807, 2.05) is 4.90 Å². The van der Waals surface area contributed by atoms with Gasteiger partial charge < -0.3 is 9.64 Å². The molecular weight excluding hydrogens is 403 g/mol. The van der Waals surface area contributed by atoms with Crippen LogP contribution in [0.25, 0.3) is 0 Å². The van der Waals surface area contributed by atoms with Crippen LogP contribution in [0.5, 0.6) is 0 Å². The van der Waals surface area contributed by atoms with E-state index in [9.17, 15) is 17.6 Å². The Morgan fingerprint density at radius 3 is 2.38 bits per heavy atom. The van der Waals surface area contributed by atoms with Gasteiger partial charge in [0.05, 0.1) is 11.4 Å². The average molecular weight is 419 g/mol. The second-order valence-corrected chi connectivity index (χ2v) is 9.19. The maximum absolute atomic E-state index is 13.0. The minimum atomic E-state index is -3.87. The topological polar surface area (TPSA) is 66.9 Å². The maximum atomic E-state index is 13.0. The molecule has 0 unspecified atom stereocenters. The van der Waals surface area contributed by atoms with E-state index in [-0.39, 0.29) is 33.0 Å². The van der Waals surface area contributed by atoms with Crippen LogP contribution >= 0.6 is 22.9 Å². The Morgan fingerprint density at radius 2 is 1.81 bits per heavy atom. The molecule has 1 aromatic heterocycles. The number of rotatable bonds is 4. The molecule has 0 atom stereocenters. The number of anilines is 1. The van der Waals surface area contributed by atoms with Gasteiger partial charge in [-0.05, 0) is 30.3 Å². The third-order valence-corrected chi connectivity index (χ3v) is 7.38. The van der Waals surface area contributed by atoms with Gasteiger partial charge in [0.15, 0.2) is 0 Å². The fourth-order valence-electron chi connectivity index (χ4n) is 2.75. The maximum Gasteiger partial charge on any atom is 0.349 e. The molecule has 0 radical (unpaired) electrons. The smallest absolute Gasteiger partial charge is 0.349 e. The molecule has 2 heterocycles. The molecule has 0 bridgehead atoms.